The summed E-state index contributed by atoms with van der Waals surface area (Å²) in [6.07, 6.45) is 1.41. The number of para-hydroxylation sites is 2. The minimum Gasteiger partial charge on any atom is -0.423 e. The molecular formula is C25H28N4O5S. The molecule has 2 aromatic carbocycles. The van der Waals surface area contributed by atoms with E-state index in [2.05, 4.69) is 9.88 Å². The van der Waals surface area contributed by atoms with Gasteiger partial charge in [0.25, 0.3) is 6.01 Å². The summed E-state index contributed by atoms with van der Waals surface area (Å²) in [5.74, 6) is -0.108. The Morgan fingerprint density at radius 1 is 0.914 bits per heavy atom. The molecule has 0 unspecified atom stereocenters. The van der Waals surface area contributed by atoms with Crippen molar-refractivity contribution in [3.63, 3.8) is 0 Å². The molecule has 0 radical (unpaired) electrons. The van der Waals surface area contributed by atoms with Gasteiger partial charge in [-0.2, -0.15) is 9.29 Å². The van der Waals surface area contributed by atoms with E-state index >= 15 is 0 Å². The van der Waals surface area contributed by atoms with Gasteiger partial charge < -0.3 is 14.2 Å². The van der Waals surface area contributed by atoms with E-state index in [1.807, 2.05) is 24.3 Å². The van der Waals surface area contributed by atoms with E-state index in [-0.39, 0.29) is 35.6 Å². The van der Waals surface area contributed by atoms with Crippen LogP contribution in [-0.2, 0) is 14.8 Å². The van der Waals surface area contributed by atoms with E-state index in [0.717, 1.165) is 11.1 Å². The average Bonchev–Trinajstić information content (AvgIpc) is 3.33. The topological polar surface area (TPSA) is 104 Å². The number of aromatic nitrogens is 1. The number of piperidine rings is 1. The average molecular weight is 497 g/mol. The number of ketones is 1. The number of anilines is 1. The predicted molar refractivity (Wildman–Crippen MR) is 131 cm³/mol. The Kier molecular flexibility index (Phi) is 6.33. The van der Waals surface area contributed by atoms with Crippen molar-refractivity contribution in [2.45, 2.75) is 24.7 Å². The van der Waals surface area contributed by atoms with Crippen LogP contribution in [0, 0.1) is 5.92 Å². The highest BCUT2D eigenvalue weighted by Crippen LogP contribution is 2.28. The smallest absolute Gasteiger partial charge is 0.298 e. The number of rotatable bonds is 5. The zero-order valence-electron chi connectivity index (χ0n) is 19.6. The molecule has 0 saturated carbocycles. The minimum absolute atomic E-state index is 0.0853. The minimum atomic E-state index is -3.67. The maximum absolute atomic E-state index is 13.1. The Balaban J connectivity index is 1.15. The highest BCUT2D eigenvalue weighted by Gasteiger charge is 2.34. The van der Waals surface area contributed by atoms with E-state index in [0.29, 0.717) is 50.6 Å². The van der Waals surface area contributed by atoms with Crippen LogP contribution >= 0.6 is 0 Å². The molecule has 3 aromatic rings. The largest absolute Gasteiger partial charge is 0.423 e. The molecule has 0 bridgehead atoms. The third-order valence-corrected chi connectivity index (χ3v) is 8.76. The van der Waals surface area contributed by atoms with E-state index in [1.165, 1.54) is 35.5 Å². The SMILES string of the molecule is CC(=O)c1ccc(S(=O)(=O)N2CCN(C(=O)C3CCN(c4nc5ccccc5o4)CC3)CC2)cc1. The van der Waals surface area contributed by atoms with Gasteiger partial charge in [0.1, 0.15) is 5.52 Å². The first-order valence-electron chi connectivity index (χ1n) is 11.8. The number of Topliss-reactive ketones (excluding diaryl/α,β-unsaturated/α-hetero) is 1. The van der Waals surface area contributed by atoms with Crippen molar-refractivity contribution in [1.29, 1.82) is 0 Å². The fraction of sp³-hybridized carbons (Fsp3) is 0.400. The van der Waals surface area contributed by atoms with Crippen molar-refractivity contribution in [3.05, 3.63) is 54.1 Å². The molecular weight excluding hydrogens is 468 g/mol. The molecule has 2 saturated heterocycles. The van der Waals surface area contributed by atoms with Gasteiger partial charge in [-0.1, -0.05) is 24.3 Å². The Hall–Kier alpha value is -3.24. The first-order valence-corrected chi connectivity index (χ1v) is 13.3. The second kappa shape index (κ2) is 9.43. The number of carbonyl (C=O) groups is 2. The summed E-state index contributed by atoms with van der Waals surface area (Å²) < 4.78 is 33.3. The van der Waals surface area contributed by atoms with E-state index < -0.39 is 10.0 Å². The molecule has 0 aliphatic carbocycles. The zero-order chi connectivity index (χ0) is 24.6. The molecule has 0 atom stereocenters. The van der Waals surface area contributed by atoms with E-state index in [4.69, 9.17) is 4.42 Å². The van der Waals surface area contributed by atoms with E-state index in [1.54, 1.807) is 4.90 Å². The summed E-state index contributed by atoms with van der Waals surface area (Å²) in [6.45, 7) is 4.07. The number of nitrogens with zero attached hydrogens (tertiary/aromatic N) is 4. The number of hydrogen-bond acceptors (Lipinski definition) is 7. The number of piperazine rings is 1. The molecule has 1 aromatic heterocycles. The fourth-order valence-electron chi connectivity index (χ4n) is 4.73. The van der Waals surface area contributed by atoms with Crippen LogP contribution in [0.25, 0.3) is 11.1 Å². The predicted octanol–water partition coefficient (Wildman–Crippen LogP) is 2.78. The van der Waals surface area contributed by atoms with Crippen LogP contribution < -0.4 is 4.90 Å². The van der Waals surface area contributed by atoms with Crippen LogP contribution in [0.5, 0.6) is 0 Å². The maximum atomic E-state index is 13.1. The van der Waals surface area contributed by atoms with Gasteiger partial charge in [-0.15, -0.1) is 0 Å². The Morgan fingerprint density at radius 3 is 2.20 bits per heavy atom. The number of carbonyl (C=O) groups excluding carboxylic acids is 2. The molecule has 3 heterocycles. The van der Waals surface area contributed by atoms with Crippen molar-refractivity contribution in [3.8, 4) is 0 Å². The van der Waals surface area contributed by atoms with Crippen LogP contribution in [0.3, 0.4) is 0 Å². The lowest BCUT2D eigenvalue weighted by molar-refractivity contribution is -0.137. The summed E-state index contributed by atoms with van der Waals surface area (Å²) in [6, 6.07) is 14.2. The van der Waals surface area contributed by atoms with Gasteiger partial charge in [0.15, 0.2) is 11.4 Å². The molecule has 10 heteroatoms. The molecule has 2 aliphatic rings. The monoisotopic (exact) mass is 496 g/mol. The van der Waals surface area contributed by atoms with Gasteiger partial charge >= 0.3 is 0 Å². The fourth-order valence-corrected chi connectivity index (χ4v) is 6.15. The lowest BCUT2D eigenvalue weighted by atomic mass is 9.95. The van der Waals surface area contributed by atoms with Crippen LogP contribution in [0.15, 0.2) is 57.8 Å². The Labute approximate surface area is 204 Å². The van der Waals surface area contributed by atoms with Gasteiger partial charge in [-0.3, -0.25) is 9.59 Å². The van der Waals surface area contributed by atoms with Gasteiger partial charge in [0.05, 0.1) is 4.90 Å². The first-order chi connectivity index (χ1) is 16.8. The third-order valence-electron chi connectivity index (χ3n) is 6.85. The number of amides is 1. The van der Waals surface area contributed by atoms with Gasteiger partial charge in [0, 0.05) is 50.7 Å². The molecule has 35 heavy (non-hydrogen) atoms. The van der Waals surface area contributed by atoms with Crippen molar-refractivity contribution < 1.29 is 22.4 Å². The molecule has 0 N–H and O–H groups in total. The molecule has 184 valence electrons. The molecule has 1 amide bonds. The normalized spacial score (nSPS) is 18.2. The van der Waals surface area contributed by atoms with Crippen LogP contribution in [-0.4, -0.2) is 73.6 Å². The van der Waals surface area contributed by atoms with Gasteiger partial charge in [-0.25, -0.2) is 8.42 Å². The Bertz CT molecular complexity index is 1300. The van der Waals surface area contributed by atoms with Crippen molar-refractivity contribution in [2.75, 3.05) is 44.2 Å². The Morgan fingerprint density at radius 2 is 1.57 bits per heavy atom. The summed E-state index contributed by atoms with van der Waals surface area (Å²) in [7, 11) is -3.67. The molecule has 0 spiro atoms. The second-order valence-corrected chi connectivity index (χ2v) is 11.0. The van der Waals surface area contributed by atoms with Crippen molar-refractivity contribution in [1.82, 2.24) is 14.2 Å². The standard InChI is InChI=1S/C25H28N4O5S/c1-18(30)19-6-8-21(9-7-19)35(32,33)29-16-14-27(15-17-29)24(31)20-10-12-28(13-11-20)25-26-22-4-2-3-5-23(22)34-25/h2-9,20H,10-17H2,1H3. The number of oxazole rings is 1. The molecule has 2 aliphatic heterocycles. The summed E-state index contributed by atoms with van der Waals surface area (Å²) in [4.78, 5) is 33.2. The number of sulfonamides is 1. The van der Waals surface area contributed by atoms with Gasteiger partial charge in [-0.05, 0) is 44.0 Å². The van der Waals surface area contributed by atoms with Crippen LogP contribution in [0.2, 0.25) is 0 Å². The van der Waals surface area contributed by atoms with Crippen molar-refractivity contribution >= 4 is 38.8 Å². The third kappa shape index (κ3) is 4.68. The molecule has 2 fully saturated rings. The second-order valence-electron chi connectivity index (χ2n) is 9.04. The molecule has 9 nitrogen and oxygen atoms in total. The van der Waals surface area contributed by atoms with E-state index in [9.17, 15) is 18.0 Å². The number of fused-ring (bicyclic) bond motifs is 1. The maximum Gasteiger partial charge on any atom is 0.298 e. The van der Waals surface area contributed by atoms with Gasteiger partial charge in [0.2, 0.25) is 15.9 Å². The summed E-state index contributed by atoms with van der Waals surface area (Å²) >= 11 is 0. The highest BCUT2D eigenvalue weighted by molar-refractivity contribution is 7.89. The quantitative estimate of drug-likeness (QED) is 0.500. The van der Waals surface area contributed by atoms with Crippen LogP contribution in [0.1, 0.15) is 30.1 Å². The summed E-state index contributed by atoms with van der Waals surface area (Å²) in [5, 5.41) is 0. The molecule has 5 rings (SSSR count). The lowest BCUT2D eigenvalue weighted by Crippen LogP contribution is -2.52. The lowest BCUT2D eigenvalue weighted by Gasteiger charge is -2.37. The number of hydrogen-bond donors (Lipinski definition) is 0. The number of benzene rings is 2. The highest BCUT2D eigenvalue weighted by atomic mass is 32.2. The van der Waals surface area contributed by atoms with Crippen molar-refractivity contribution in [2.24, 2.45) is 5.92 Å². The first kappa shape index (κ1) is 23.5. The zero-order valence-corrected chi connectivity index (χ0v) is 20.4. The van der Waals surface area contributed by atoms with Crippen LogP contribution in [0.4, 0.5) is 6.01 Å². The summed E-state index contributed by atoms with van der Waals surface area (Å²) in [5.41, 5.74) is 2.05.